The summed E-state index contributed by atoms with van der Waals surface area (Å²) in [5.41, 5.74) is 2.86. The average Bonchev–Trinajstić information content (AvgIpc) is 2.42. The van der Waals surface area contributed by atoms with E-state index in [-0.39, 0.29) is 0 Å². The molecule has 3 nitrogen and oxygen atoms in total. The van der Waals surface area contributed by atoms with Crippen LogP contribution in [0.5, 0.6) is 0 Å². The van der Waals surface area contributed by atoms with Crippen LogP contribution in [0.4, 0.5) is 0 Å². The van der Waals surface area contributed by atoms with E-state index in [0.29, 0.717) is 6.10 Å². The van der Waals surface area contributed by atoms with Crippen LogP contribution in [0.3, 0.4) is 0 Å². The number of rotatable bonds is 5. The van der Waals surface area contributed by atoms with E-state index in [1.807, 2.05) is 14.2 Å². The standard InChI is InChI=1S/C15H24N2O/c1-16-11-13-5-3-4-6-14(13)12-17-9-7-15(18-2)8-10-17/h3-6,15-16H,7-12H2,1-2H3. The molecule has 1 saturated heterocycles. The van der Waals surface area contributed by atoms with Crippen molar-refractivity contribution in [2.24, 2.45) is 0 Å². The molecule has 18 heavy (non-hydrogen) atoms. The summed E-state index contributed by atoms with van der Waals surface area (Å²) in [5.74, 6) is 0. The largest absolute Gasteiger partial charge is 0.381 e. The molecule has 0 unspecified atom stereocenters. The Morgan fingerprint density at radius 3 is 2.50 bits per heavy atom. The van der Waals surface area contributed by atoms with Gasteiger partial charge in [0.15, 0.2) is 0 Å². The maximum Gasteiger partial charge on any atom is 0.0595 e. The zero-order valence-electron chi connectivity index (χ0n) is 11.5. The molecule has 1 heterocycles. The molecule has 0 aliphatic carbocycles. The molecular formula is C15H24N2O. The molecular weight excluding hydrogens is 224 g/mol. The van der Waals surface area contributed by atoms with E-state index in [0.717, 1.165) is 39.0 Å². The second-order valence-electron chi connectivity index (χ2n) is 5.01. The fourth-order valence-electron chi connectivity index (χ4n) is 2.62. The maximum absolute atomic E-state index is 5.42. The number of piperidine rings is 1. The Hall–Kier alpha value is -0.900. The second-order valence-corrected chi connectivity index (χ2v) is 5.01. The first-order valence-corrected chi connectivity index (χ1v) is 6.80. The van der Waals surface area contributed by atoms with Gasteiger partial charge in [-0.2, -0.15) is 0 Å². The molecule has 1 aliphatic rings. The number of hydrogen-bond donors (Lipinski definition) is 1. The van der Waals surface area contributed by atoms with Gasteiger partial charge in [0.05, 0.1) is 6.10 Å². The molecule has 0 radical (unpaired) electrons. The lowest BCUT2D eigenvalue weighted by Crippen LogP contribution is -2.36. The van der Waals surface area contributed by atoms with E-state index in [4.69, 9.17) is 4.74 Å². The third kappa shape index (κ3) is 3.55. The van der Waals surface area contributed by atoms with E-state index in [2.05, 4.69) is 34.5 Å². The average molecular weight is 248 g/mol. The van der Waals surface area contributed by atoms with Gasteiger partial charge in [0, 0.05) is 33.3 Å². The number of nitrogens with zero attached hydrogens (tertiary/aromatic N) is 1. The van der Waals surface area contributed by atoms with Crippen molar-refractivity contribution in [3.8, 4) is 0 Å². The number of likely N-dealkylation sites (tertiary alicyclic amines) is 1. The first-order chi connectivity index (χ1) is 8.83. The summed E-state index contributed by atoms with van der Waals surface area (Å²) in [4.78, 5) is 2.53. The second kappa shape index (κ2) is 6.88. The Kier molecular flexibility index (Phi) is 5.17. The number of ether oxygens (including phenoxy) is 1. The van der Waals surface area contributed by atoms with Gasteiger partial charge in [-0.25, -0.2) is 0 Å². The normalized spacial score (nSPS) is 18.1. The highest BCUT2D eigenvalue weighted by molar-refractivity contribution is 5.27. The Morgan fingerprint density at radius 2 is 1.89 bits per heavy atom. The van der Waals surface area contributed by atoms with Crippen LogP contribution in [-0.2, 0) is 17.8 Å². The lowest BCUT2D eigenvalue weighted by atomic mass is 10.0. The molecule has 0 aromatic heterocycles. The summed E-state index contributed by atoms with van der Waals surface area (Å²) in [6.07, 6.45) is 2.78. The van der Waals surface area contributed by atoms with Crippen molar-refractivity contribution in [3.05, 3.63) is 35.4 Å². The van der Waals surface area contributed by atoms with Crippen molar-refractivity contribution < 1.29 is 4.74 Å². The molecule has 1 aromatic carbocycles. The molecule has 1 aliphatic heterocycles. The predicted octanol–water partition coefficient (Wildman–Crippen LogP) is 2.02. The highest BCUT2D eigenvalue weighted by Crippen LogP contribution is 2.17. The monoisotopic (exact) mass is 248 g/mol. The van der Waals surface area contributed by atoms with Crippen LogP contribution in [0.15, 0.2) is 24.3 Å². The lowest BCUT2D eigenvalue weighted by Gasteiger charge is -2.31. The zero-order valence-corrected chi connectivity index (χ0v) is 11.5. The third-order valence-electron chi connectivity index (χ3n) is 3.75. The molecule has 0 atom stereocenters. The number of benzene rings is 1. The molecule has 2 rings (SSSR count). The molecule has 1 N–H and O–H groups in total. The number of methoxy groups -OCH3 is 1. The van der Waals surface area contributed by atoms with Crippen molar-refractivity contribution in [3.63, 3.8) is 0 Å². The molecule has 1 fully saturated rings. The Balaban J connectivity index is 1.93. The summed E-state index contributed by atoms with van der Waals surface area (Å²) < 4.78 is 5.42. The van der Waals surface area contributed by atoms with E-state index < -0.39 is 0 Å². The van der Waals surface area contributed by atoms with Crippen LogP contribution in [0, 0.1) is 0 Å². The van der Waals surface area contributed by atoms with Gasteiger partial charge in [0.2, 0.25) is 0 Å². The Morgan fingerprint density at radius 1 is 1.22 bits per heavy atom. The van der Waals surface area contributed by atoms with Gasteiger partial charge < -0.3 is 10.1 Å². The predicted molar refractivity (Wildman–Crippen MR) is 74.5 cm³/mol. The van der Waals surface area contributed by atoms with Gasteiger partial charge in [-0.15, -0.1) is 0 Å². The number of hydrogen-bond acceptors (Lipinski definition) is 3. The van der Waals surface area contributed by atoms with Crippen molar-refractivity contribution in [1.29, 1.82) is 0 Å². The summed E-state index contributed by atoms with van der Waals surface area (Å²) in [6.45, 7) is 4.30. The highest BCUT2D eigenvalue weighted by atomic mass is 16.5. The minimum absolute atomic E-state index is 0.466. The van der Waals surface area contributed by atoms with Gasteiger partial charge in [-0.1, -0.05) is 24.3 Å². The molecule has 0 bridgehead atoms. The lowest BCUT2D eigenvalue weighted by molar-refractivity contribution is 0.0388. The van der Waals surface area contributed by atoms with Gasteiger partial charge >= 0.3 is 0 Å². The fourth-order valence-corrected chi connectivity index (χ4v) is 2.62. The summed E-state index contributed by atoms with van der Waals surface area (Å²) in [7, 11) is 3.82. The highest BCUT2D eigenvalue weighted by Gasteiger charge is 2.19. The van der Waals surface area contributed by atoms with E-state index >= 15 is 0 Å². The maximum atomic E-state index is 5.42. The Bertz CT molecular complexity index is 359. The third-order valence-corrected chi connectivity index (χ3v) is 3.75. The van der Waals surface area contributed by atoms with Gasteiger partial charge in [0.25, 0.3) is 0 Å². The molecule has 0 saturated carbocycles. The van der Waals surface area contributed by atoms with Crippen LogP contribution in [-0.4, -0.2) is 38.3 Å². The summed E-state index contributed by atoms with van der Waals surface area (Å²) in [5, 5.41) is 3.24. The van der Waals surface area contributed by atoms with Gasteiger partial charge in [-0.05, 0) is 31.0 Å². The van der Waals surface area contributed by atoms with Crippen LogP contribution in [0.1, 0.15) is 24.0 Å². The van der Waals surface area contributed by atoms with Crippen molar-refractivity contribution >= 4 is 0 Å². The topological polar surface area (TPSA) is 24.5 Å². The van der Waals surface area contributed by atoms with E-state index in [9.17, 15) is 0 Å². The molecule has 0 spiro atoms. The fraction of sp³-hybridized carbons (Fsp3) is 0.600. The van der Waals surface area contributed by atoms with Crippen LogP contribution < -0.4 is 5.32 Å². The SMILES string of the molecule is CNCc1ccccc1CN1CCC(OC)CC1. The van der Waals surface area contributed by atoms with E-state index in [1.165, 1.54) is 11.1 Å². The molecule has 100 valence electrons. The van der Waals surface area contributed by atoms with Gasteiger partial charge in [-0.3, -0.25) is 4.90 Å². The number of nitrogens with one attached hydrogen (secondary N) is 1. The van der Waals surface area contributed by atoms with E-state index in [1.54, 1.807) is 0 Å². The van der Waals surface area contributed by atoms with Gasteiger partial charge in [0.1, 0.15) is 0 Å². The zero-order chi connectivity index (χ0) is 12.8. The quantitative estimate of drug-likeness (QED) is 0.863. The first kappa shape index (κ1) is 13.5. The Labute approximate surface area is 110 Å². The molecule has 1 aromatic rings. The summed E-state index contributed by atoms with van der Waals surface area (Å²) in [6, 6.07) is 8.71. The van der Waals surface area contributed by atoms with Crippen LogP contribution >= 0.6 is 0 Å². The van der Waals surface area contributed by atoms with Crippen molar-refractivity contribution in [2.75, 3.05) is 27.2 Å². The van der Waals surface area contributed by atoms with Crippen LogP contribution in [0.25, 0.3) is 0 Å². The summed E-state index contributed by atoms with van der Waals surface area (Å²) >= 11 is 0. The van der Waals surface area contributed by atoms with Crippen molar-refractivity contribution in [1.82, 2.24) is 10.2 Å². The first-order valence-electron chi connectivity index (χ1n) is 6.80. The smallest absolute Gasteiger partial charge is 0.0595 e. The molecule has 3 heteroatoms. The molecule has 0 amide bonds. The minimum Gasteiger partial charge on any atom is -0.381 e. The minimum atomic E-state index is 0.466. The van der Waals surface area contributed by atoms with Crippen LogP contribution in [0.2, 0.25) is 0 Å². The van der Waals surface area contributed by atoms with Crippen molar-refractivity contribution in [2.45, 2.75) is 32.0 Å².